The molecule has 0 aliphatic carbocycles. The van der Waals surface area contributed by atoms with Crippen molar-refractivity contribution < 1.29 is 0 Å². The molecular weight excluding hydrogens is 1760 g/mol. The molecule has 0 unspecified atom stereocenters. The Bertz CT molecular complexity index is 4100. The monoisotopic (exact) mass is 1770 g/mol. The van der Waals surface area contributed by atoms with Gasteiger partial charge in [-0.1, -0.05) is 5.22 Å². The second-order valence-corrected chi connectivity index (χ2v) is 11.0. The number of halogens is 1. The number of hydrogen-bond donors (Lipinski definition) is 1. The maximum absolute atomic E-state index is 4.64. The fourth-order valence-corrected chi connectivity index (χ4v) is 2.16. The van der Waals surface area contributed by atoms with Crippen LogP contribution in [0.4, 0.5) is 0 Å². The van der Waals surface area contributed by atoms with E-state index in [-0.39, 0.29) is 0 Å². The zero-order chi connectivity index (χ0) is 84.0. The summed E-state index contributed by atoms with van der Waals surface area (Å²) >= 11 is 1.81. The first-order valence-corrected chi connectivity index (χ1v) is 24.8. The first-order valence-electron chi connectivity index (χ1n) is 23.5. The minimum atomic E-state index is 1.33. The Morgan fingerprint density at radius 2 is 0.136 bits per heavy atom. The van der Waals surface area contributed by atoms with Gasteiger partial charge < -0.3 is 5.84 Å². The average Bonchev–Trinajstić information content (AvgIpc) is 2.20. The second kappa shape index (κ2) is 94.4. The summed E-state index contributed by atoms with van der Waals surface area (Å²) in [6.45, 7) is 0. The van der Waals surface area contributed by atoms with Gasteiger partial charge in [-0.25, -0.2) is 0 Å². The van der Waals surface area contributed by atoms with Gasteiger partial charge in [-0.2, -0.15) is 0 Å². The minimum absolute atomic E-state index is 1.33. The van der Waals surface area contributed by atoms with Crippen LogP contribution >= 0.6 is 22.6 Å². The number of nitrogens with zero attached hydrogens (tertiary/aromatic N) is 115. The van der Waals surface area contributed by atoms with Crippen molar-refractivity contribution in [1.82, 2.24) is 0 Å². The Labute approximate surface area is 632 Å². The van der Waals surface area contributed by atoms with Crippen LogP contribution in [-0.4, -0.2) is 4.22 Å². The predicted molar refractivity (Wildman–Crippen MR) is 303 cm³/mol. The highest BCUT2D eigenvalue weighted by Gasteiger charge is 1.82. The van der Waals surface area contributed by atoms with E-state index in [1.807, 2.05) is 22.6 Å². The fraction of sp³-hybridized carbons (Fsp3) is 0. The van der Waals surface area contributed by atoms with Crippen LogP contribution in [0, 0.1) is 0 Å². The van der Waals surface area contributed by atoms with Crippen LogP contribution in [0.3, 0.4) is 0 Å². The van der Waals surface area contributed by atoms with Crippen molar-refractivity contribution in [1.29, 1.82) is 0 Å². The van der Waals surface area contributed by atoms with Crippen LogP contribution in [0.25, 0.3) is 0 Å². The van der Waals surface area contributed by atoms with Crippen molar-refractivity contribution in [3.05, 3.63) is 0 Å². The summed E-state index contributed by atoms with van der Waals surface area (Å²) in [6.07, 6.45) is 0. The lowest BCUT2D eigenvalue weighted by molar-refractivity contribution is 0.722. The first-order chi connectivity index (χ1) is 58.9. The summed E-state index contributed by atoms with van der Waals surface area (Å²) in [5, 5.41) is 345. The molecule has 0 aliphatic heterocycles. The standard InChI is InChI=1S/CH3IN116/c2-1-4-6-8-10-12-14-16-18-20-22-24-26-28-30-32-34-36-38-40-42-44-46-48-50-52-54-56-58-60-62-64-66-68-70-72-74-76-78-80-82-84-86-88-90-92-94-96-98-100-102-104-106-108-110-112-114-116-118-117-115-113-111-109-107-105-103-101-99-97-95-93-91-89-87-85-83-81-79-77-75-73-71-69-67-65-63-61-59-57-55-53-51-49-47-45-43-41-39-37-35-33-31-29-27-25-23-21-19-17-15-13-11-9-7-5-3/h1H,(H2,3,6,7,10,11,14,15,18,19,22,23,26,27,30,31,34,35,38,39,42,43,46,47,50,51,54,55,58,59,62,63,66,67,70,71,74,75,78,79,82,83,86,87,90,91,94,95,98,99,102,103,106,107,110,111,114,115,118). The van der Waals surface area contributed by atoms with E-state index in [0.717, 1.165) is 0 Å². The van der Waals surface area contributed by atoms with Gasteiger partial charge in [-0.15, -0.1) is 5.10 Å². The fourth-order valence-electron chi connectivity index (χ4n) is 2.05. The molecule has 0 aliphatic rings. The van der Waals surface area contributed by atoms with Gasteiger partial charge in [0.15, 0.2) is 0 Å². The van der Waals surface area contributed by atoms with Crippen LogP contribution < -0.4 is 5.84 Å². The van der Waals surface area contributed by atoms with Crippen LogP contribution in [0.15, 0.2) is 601 Å². The molecule has 0 atom stereocenters. The molecule has 0 bridgehead atoms. The molecule has 0 aromatic heterocycles. The zero-order valence-corrected chi connectivity index (χ0v) is 55.1. The van der Waals surface area contributed by atoms with Crippen LogP contribution in [0.5, 0.6) is 0 Å². The third kappa shape index (κ3) is 93.4. The summed E-state index contributed by atoms with van der Waals surface area (Å²) in [4.78, 5) is 0. The van der Waals surface area contributed by atoms with Crippen molar-refractivity contribution in [2.45, 2.75) is 0 Å². The Morgan fingerprint density at radius 1 is 0.0847 bits per heavy atom. The molecule has 0 aromatic carbocycles. The average molecular weight is 1770 g/mol. The van der Waals surface area contributed by atoms with Gasteiger partial charge in [0.1, 0.15) is 0 Å². The maximum Gasteiger partial charge on any atom is 0.0897 e. The summed E-state index contributed by atoms with van der Waals surface area (Å²) < 4.78 is 1.33. The predicted octanol–water partition coefficient (Wildman–Crippen LogP) is 21.3. The summed E-state index contributed by atoms with van der Waals surface area (Å²) in [7, 11) is 0. The van der Waals surface area contributed by atoms with E-state index in [9.17, 15) is 0 Å². The van der Waals surface area contributed by atoms with Gasteiger partial charge >= 0.3 is 0 Å². The zero-order valence-electron chi connectivity index (χ0n) is 53.0. The van der Waals surface area contributed by atoms with Gasteiger partial charge in [-0.3, -0.25) is 0 Å². The van der Waals surface area contributed by atoms with Crippen molar-refractivity contribution in [3.8, 4) is 0 Å². The third-order valence-electron chi connectivity index (χ3n) is 4.63. The Hall–Kier alpha value is -22.6. The lowest BCUT2D eigenvalue weighted by Gasteiger charge is -1.71. The minimum Gasteiger partial charge on any atom is -0.303 e. The molecule has 0 saturated carbocycles. The largest absolute Gasteiger partial charge is 0.303 e. The maximum atomic E-state index is 4.64. The Balaban J connectivity index is 4.13. The molecule has 0 radical (unpaired) electrons. The molecule has 0 heterocycles. The van der Waals surface area contributed by atoms with E-state index in [1.165, 1.54) is 4.22 Å². The molecule has 0 fully saturated rings. The van der Waals surface area contributed by atoms with Gasteiger partial charge in [0.2, 0.25) is 0 Å². The summed E-state index contributed by atoms with van der Waals surface area (Å²) in [5.74, 6) is 4.64. The molecule has 2 N–H and O–H groups in total. The molecule has 0 saturated heterocycles. The lowest BCUT2D eigenvalue weighted by Crippen LogP contribution is -1.70. The van der Waals surface area contributed by atoms with Gasteiger partial charge in [0, 0.05) is 512 Å². The molecule has 116 nitrogen and oxygen atoms in total. The molecule has 0 aromatic rings. The van der Waals surface area contributed by atoms with Gasteiger partial charge in [0.05, 0.1) is 4.22 Å². The molecule has 117 heteroatoms. The van der Waals surface area contributed by atoms with E-state index >= 15 is 0 Å². The van der Waals surface area contributed by atoms with Crippen molar-refractivity contribution in [2.24, 2.45) is 606 Å². The molecule has 594 valence electrons. The van der Waals surface area contributed by atoms with E-state index in [1.54, 1.807) is 0 Å². The number of hydrogen-bond acceptors (Lipinski definition) is 2. The van der Waals surface area contributed by atoms with Crippen LogP contribution in [0.1, 0.15) is 0 Å². The normalized spacial score (nSPS) is 15.8. The van der Waals surface area contributed by atoms with Gasteiger partial charge in [-0.05, 0) is 101 Å². The van der Waals surface area contributed by atoms with E-state index < -0.39 is 0 Å². The summed E-state index contributed by atoms with van der Waals surface area (Å²) in [6, 6.07) is 0. The van der Waals surface area contributed by atoms with Crippen molar-refractivity contribution >= 4 is 26.8 Å². The lowest BCUT2D eigenvalue weighted by atomic mass is 11.7. The Morgan fingerprint density at radius 3 is 0.186 bits per heavy atom. The van der Waals surface area contributed by atoms with E-state index in [4.69, 9.17) is 0 Å². The third-order valence-corrected chi connectivity index (χ3v) is 4.88. The summed E-state index contributed by atoms with van der Waals surface area (Å²) in [5.41, 5.74) is 0. The van der Waals surface area contributed by atoms with Crippen LogP contribution in [-0.2, 0) is 0 Å². The first kappa shape index (κ1) is 95.4. The molecule has 0 spiro atoms. The molecule has 0 amide bonds. The SMILES string of the molecule is NN=NN=NN=NN=NN=NN=NN=NN=NN=NN=NN=NN=NN=NN=NN=NN=NN=NN=NN=NN=NN=NN=NN=NN=NN=NN=NN=NN=NN=NN=NN=NN=NN=NN=NN=NN=NN=NN=NN=NN=NN=NN=NN=NN=NN=NN=NN=NN=NN=NN=NN=NN=NN=NN=NN=NN=NN=NN=CI. The molecular formula is CH3IN116. The highest BCUT2D eigenvalue weighted by atomic mass is 127. The van der Waals surface area contributed by atoms with Crippen LogP contribution in [0.2, 0.25) is 0 Å². The number of nitrogens with two attached hydrogens (primary N) is 1. The van der Waals surface area contributed by atoms with Crippen molar-refractivity contribution in [3.63, 3.8) is 0 Å². The van der Waals surface area contributed by atoms with Crippen molar-refractivity contribution in [2.75, 3.05) is 0 Å². The topological polar surface area (TPSA) is 1450 Å². The highest BCUT2D eigenvalue weighted by molar-refractivity contribution is 14.1. The molecule has 0 rings (SSSR count). The molecule has 118 heavy (non-hydrogen) atoms. The van der Waals surface area contributed by atoms with Gasteiger partial charge in [0.25, 0.3) is 0 Å². The quantitative estimate of drug-likeness (QED) is 0.0200. The van der Waals surface area contributed by atoms with E-state index in [2.05, 4.69) is 606 Å². The van der Waals surface area contributed by atoms with E-state index in [0.29, 0.717) is 0 Å². The second-order valence-electron chi connectivity index (χ2n) is 10.4. The Kier molecular flexibility index (Phi) is 76.3. The number of rotatable bonds is 57. The smallest absolute Gasteiger partial charge is 0.0897 e. The highest BCUT2D eigenvalue weighted by Crippen LogP contribution is 2.00.